The number of ether oxygens (including phenoxy) is 2. The molecule has 8 nitrogen and oxygen atoms in total. The minimum absolute atomic E-state index is 0.100. The third-order valence-corrected chi connectivity index (χ3v) is 4.33. The van der Waals surface area contributed by atoms with E-state index in [2.05, 4.69) is 20.3 Å². The molecular formula is C20H22N4O4. The number of hydrogen-bond acceptors (Lipinski definition) is 7. The summed E-state index contributed by atoms with van der Waals surface area (Å²) in [6, 6.07) is 5.27. The van der Waals surface area contributed by atoms with Crippen LogP contribution in [0, 0.1) is 5.92 Å². The van der Waals surface area contributed by atoms with E-state index in [1.54, 1.807) is 18.5 Å². The third-order valence-electron chi connectivity index (χ3n) is 4.33. The number of aromatic nitrogens is 3. The van der Waals surface area contributed by atoms with Crippen LogP contribution in [0.5, 0.6) is 11.8 Å². The van der Waals surface area contributed by atoms with Crippen molar-refractivity contribution in [1.82, 2.24) is 20.3 Å². The van der Waals surface area contributed by atoms with Crippen LogP contribution < -0.4 is 14.8 Å². The van der Waals surface area contributed by atoms with Crippen molar-refractivity contribution in [3.63, 3.8) is 0 Å². The van der Waals surface area contributed by atoms with Crippen LogP contribution in [0.4, 0.5) is 0 Å². The number of carbonyl (C=O) groups excluding carboxylic acids is 1. The Morgan fingerprint density at radius 2 is 2.07 bits per heavy atom. The fourth-order valence-corrected chi connectivity index (χ4v) is 2.70. The van der Waals surface area contributed by atoms with Gasteiger partial charge in [-0.05, 0) is 31.7 Å². The predicted molar refractivity (Wildman–Crippen MR) is 102 cm³/mol. The molecule has 1 N–H and O–H groups in total. The van der Waals surface area contributed by atoms with Crippen molar-refractivity contribution in [3.05, 3.63) is 30.6 Å². The van der Waals surface area contributed by atoms with Gasteiger partial charge in [0.2, 0.25) is 23.6 Å². The van der Waals surface area contributed by atoms with Crippen molar-refractivity contribution in [3.8, 4) is 23.2 Å². The van der Waals surface area contributed by atoms with Crippen molar-refractivity contribution >= 4 is 17.0 Å². The van der Waals surface area contributed by atoms with Crippen LogP contribution in [-0.4, -0.2) is 40.1 Å². The number of carbonyl (C=O) groups is 1. The van der Waals surface area contributed by atoms with Crippen LogP contribution in [0.3, 0.4) is 0 Å². The number of amides is 1. The standard InChI is InChI=1S/C20H22N4O4/c1-12(23-13(2)25)10-26-19-7-17-16(9-22-19)24-20(28-17)15-5-6-18(21-8-15)27-11-14-3-4-14/h5-9,12,14H,3-4,10-11H2,1-2H3,(H,23,25)/t12-/m0/s1. The molecule has 0 radical (unpaired) electrons. The summed E-state index contributed by atoms with van der Waals surface area (Å²) in [7, 11) is 0. The number of hydrogen-bond donors (Lipinski definition) is 1. The van der Waals surface area contributed by atoms with E-state index in [1.165, 1.54) is 19.8 Å². The lowest BCUT2D eigenvalue weighted by Crippen LogP contribution is -2.35. The first-order valence-corrected chi connectivity index (χ1v) is 9.32. The van der Waals surface area contributed by atoms with E-state index in [1.807, 2.05) is 19.1 Å². The first-order chi connectivity index (χ1) is 13.6. The summed E-state index contributed by atoms with van der Waals surface area (Å²) in [5, 5.41) is 2.75. The molecule has 0 aromatic carbocycles. The van der Waals surface area contributed by atoms with Crippen molar-refractivity contribution in [2.75, 3.05) is 13.2 Å². The molecule has 3 heterocycles. The lowest BCUT2D eigenvalue weighted by molar-refractivity contribution is -0.119. The zero-order valence-electron chi connectivity index (χ0n) is 15.8. The summed E-state index contributed by atoms with van der Waals surface area (Å²) >= 11 is 0. The van der Waals surface area contributed by atoms with Crippen molar-refractivity contribution in [1.29, 1.82) is 0 Å². The second kappa shape index (κ2) is 7.84. The SMILES string of the molecule is CC(=O)N[C@@H](C)COc1cc2oc(-c3ccc(OCC4CC4)nc3)nc2cn1. The Morgan fingerprint density at radius 3 is 2.79 bits per heavy atom. The molecule has 1 fully saturated rings. The average molecular weight is 382 g/mol. The normalized spacial score (nSPS) is 14.6. The van der Waals surface area contributed by atoms with Gasteiger partial charge in [-0.2, -0.15) is 0 Å². The largest absolute Gasteiger partial charge is 0.477 e. The van der Waals surface area contributed by atoms with Crippen LogP contribution in [-0.2, 0) is 4.79 Å². The number of fused-ring (bicyclic) bond motifs is 1. The van der Waals surface area contributed by atoms with E-state index in [0.717, 1.165) is 12.2 Å². The monoisotopic (exact) mass is 382 g/mol. The van der Waals surface area contributed by atoms with Gasteiger partial charge >= 0.3 is 0 Å². The maximum absolute atomic E-state index is 11.0. The van der Waals surface area contributed by atoms with Gasteiger partial charge in [-0.15, -0.1) is 0 Å². The molecular weight excluding hydrogens is 360 g/mol. The highest BCUT2D eigenvalue weighted by molar-refractivity contribution is 5.76. The van der Waals surface area contributed by atoms with E-state index in [0.29, 0.717) is 41.3 Å². The van der Waals surface area contributed by atoms with Gasteiger partial charge in [0.05, 0.1) is 24.4 Å². The quantitative estimate of drug-likeness (QED) is 0.639. The molecule has 0 aliphatic heterocycles. The fourth-order valence-electron chi connectivity index (χ4n) is 2.70. The summed E-state index contributed by atoms with van der Waals surface area (Å²) in [5.41, 5.74) is 1.96. The molecule has 1 aliphatic rings. The Labute approximate surface area is 162 Å². The Balaban J connectivity index is 1.43. The summed E-state index contributed by atoms with van der Waals surface area (Å²) in [6.45, 7) is 4.37. The highest BCUT2D eigenvalue weighted by Gasteiger charge is 2.22. The minimum Gasteiger partial charge on any atom is -0.477 e. The topological polar surface area (TPSA) is 99.4 Å². The number of oxazole rings is 1. The second-order valence-electron chi connectivity index (χ2n) is 7.06. The Hall–Kier alpha value is -3.16. The minimum atomic E-state index is -0.119. The fraction of sp³-hybridized carbons (Fsp3) is 0.400. The highest BCUT2D eigenvalue weighted by Crippen LogP contribution is 2.30. The van der Waals surface area contributed by atoms with Gasteiger partial charge in [-0.3, -0.25) is 4.79 Å². The van der Waals surface area contributed by atoms with Crippen LogP contribution in [0.2, 0.25) is 0 Å². The molecule has 0 unspecified atom stereocenters. The first-order valence-electron chi connectivity index (χ1n) is 9.32. The van der Waals surface area contributed by atoms with Gasteiger partial charge in [-0.25, -0.2) is 15.0 Å². The third kappa shape index (κ3) is 4.57. The lowest BCUT2D eigenvalue weighted by atomic mass is 10.3. The van der Waals surface area contributed by atoms with Crippen molar-refractivity contribution in [2.24, 2.45) is 5.92 Å². The second-order valence-corrected chi connectivity index (χ2v) is 7.06. The molecule has 0 bridgehead atoms. The number of rotatable bonds is 8. The molecule has 1 saturated carbocycles. The summed E-state index contributed by atoms with van der Waals surface area (Å²) < 4.78 is 17.1. The lowest BCUT2D eigenvalue weighted by Gasteiger charge is -2.12. The average Bonchev–Trinajstić information content (AvgIpc) is 3.41. The van der Waals surface area contributed by atoms with Gasteiger partial charge in [-0.1, -0.05) is 0 Å². The molecule has 1 amide bonds. The van der Waals surface area contributed by atoms with Crippen molar-refractivity contribution < 1.29 is 18.7 Å². The number of pyridine rings is 2. The highest BCUT2D eigenvalue weighted by atomic mass is 16.5. The molecule has 8 heteroatoms. The van der Waals surface area contributed by atoms with Gasteiger partial charge in [0, 0.05) is 25.3 Å². The molecule has 28 heavy (non-hydrogen) atoms. The van der Waals surface area contributed by atoms with Crippen LogP contribution in [0.25, 0.3) is 22.6 Å². The van der Waals surface area contributed by atoms with E-state index in [9.17, 15) is 4.79 Å². The van der Waals surface area contributed by atoms with Gasteiger partial charge < -0.3 is 19.2 Å². The maximum atomic E-state index is 11.0. The van der Waals surface area contributed by atoms with E-state index < -0.39 is 0 Å². The number of nitrogens with zero attached hydrogens (tertiary/aromatic N) is 3. The first kappa shape index (κ1) is 18.2. The summed E-state index contributed by atoms with van der Waals surface area (Å²) in [5.74, 6) is 2.06. The molecule has 3 aromatic rings. The summed E-state index contributed by atoms with van der Waals surface area (Å²) in [4.78, 5) is 24.1. The molecule has 0 spiro atoms. The molecule has 1 atom stereocenters. The Morgan fingerprint density at radius 1 is 1.25 bits per heavy atom. The van der Waals surface area contributed by atoms with Gasteiger partial charge in [0.15, 0.2) is 5.58 Å². The Kier molecular flexibility index (Phi) is 5.10. The molecule has 1 aliphatic carbocycles. The van der Waals surface area contributed by atoms with Crippen LogP contribution in [0.1, 0.15) is 26.7 Å². The summed E-state index contributed by atoms with van der Waals surface area (Å²) in [6.07, 6.45) is 5.77. The van der Waals surface area contributed by atoms with Crippen LogP contribution in [0.15, 0.2) is 35.0 Å². The van der Waals surface area contributed by atoms with Gasteiger partial charge in [0.1, 0.15) is 12.1 Å². The van der Waals surface area contributed by atoms with Gasteiger partial charge in [0.25, 0.3) is 0 Å². The zero-order chi connectivity index (χ0) is 19.5. The van der Waals surface area contributed by atoms with Crippen LogP contribution >= 0.6 is 0 Å². The molecule has 146 valence electrons. The van der Waals surface area contributed by atoms with E-state index >= 15 is 0 Å². The predicted octanol–water partition coefficient (Wildman–Crippen LogP) is 2.98. The number of nitrogens with one attached hydrogen (secondary N) is 1. The van der Waals surface area contributed by atoms with Crippen molar-refractivity contribution in [2.45, 2.75) is 32.7 Å². The van der Waals surface area contributed by atoms with E-state index in [4.69, 9.17) is 13.9 Å². The molecule has 4 rings (SSSR count). The maximum Gasteiger partial charge on any atom is 0.228 e. The van der Waals surface area contributed by atoms with E-state index in [-0.39, 0.29) is 11.9 Å². The zero-order valence-corrected chi connectivity index (χ0v) is 15.8. The Bertz CT molecular complexity index is 966. The smallest absolute Gasteiger partial charge is 0.228 e. The molecule has 3 aromatic heterocycles. The molecule has 0 saturated heterocycles.